The molecule has 2 rings (SSSR count). The van der Waals surface area contributed by atoms with Gasteiger partial charge in [-0.2, -0.15) is 0 Å². The van der Waals surface area contributed by atoms with Gasteiger partial charge in [-0.3, -0.25) is 0 Å². The Morgan fingerprint density at radius 2 is 2.00 bits per heavy atom. The van der Waals surface area contributed by atoms with Crippen molar-refractivity contribution < 1.29 is 24.9 Å². The van der Waals surface area contributed by atoms with Crippen molar-refractivity contribution in [2.24, 2.45) is 0 Å². The molecule has 0 radical (unpaired) electrons. The van der Waals surface area contributed by atoms with Crippen LogP contribution in [0.5, 0.6) is 17.2 Å². The topological polar surface area (TPSA) is 111 Å². The van der Waals surface area contributed by atoms with E-state index in [1.165, 1.54) is 0 Å². The van der Waals surface area contributed by atoms with Crippen LogP contribution in [0, 0.1) is 0 Å². The van der Waals surface area contributed by atoms with E-state index in [0.29, 0.717) is 13.2 Å². The number of hydrogen-bond donors (Lipinski definition) is 5. The number of rotatable bonds is 3. The van der Waals surface area contributed by atoms with Gasteiger partial charge in [-0.15, -0.1) is 0 Å². The fourth-order valence-corrected chi connectivity index (χ4v) is 1.86. The summed E-state index contributed by atoms with van der Waals surface area (Å²) in [7, 11) is 0. The number of phenolic OH excluding ortho intramolecular Hbond substituents is 3. The molecule has 7 nitrogen and oxygen atoms in total. The quantitative estimate of drug-likeness (QED) is 0.416. The van der Waals surface area contributed by atoms with Crippen LogP contribution < -0.4 is 10.6 Å². The van der Waals surface area contributed by atoms with Gasteiger partial charge in [0.05, 0.1) is 11.8 Å². The maximum Gasteiger partial charge on any atom is 0.319 e. The second-order valence-electron chi connectivity index (χ2n) is 4.33. The highest BCUT2D eigenvalue weighted by Crippen LogP contribution is 2.37. The Morgan fingerprint density at radius 3 is 2.58 bits per heavy atom. The number of carbonyl (C=O) groups is 1. The summed E-state index contributed by atoms with van der Waals surface area (Å²) in [6.07, 6.45) is 1.95. The first kappa shape index (κ1) is 13.3. The van der Waals surface area contributed by atoms with Crippen LogP contribution in [-0.2, 0) is 4.74 Å². The van der Waals surface area contributed by atoms with E-state index >= 15 is 0 Å². The van der Waals surface area contributed by atoms with Crippen molar-refractivity contribution in [3.8, 4) is 17.2 Å². The van der Waals surface area contributed by atoms with Gasteiger partial charge >= 0.3 is 6.03 Å². The maximum atomic E-state index is 11.6. The van der Waals surface area contributed by atoms with Crippen molar-refractivity contribution in [3.05, 3.63) is 12.1 Å². The van der Waals surface area contributed by atoms with Crippen molar-refractivity contribution in [2.45, 2.75) is 18.9 Å². The lowest BCUT2D eigenvalue weighted by Gasteiger charge is -2.12. The van der Waals surface area contributed by atoms with E-state index in [1.807, 2.05) is 0 Å². The normalized spacial score (nSPS) is 18.2. The number of phenols is 3. The van der Waals surface area contributed by atoms with E-state index in [2.05, 4.69) is 10.6 Å². The fraction of sp³-hybridized carbons (Fsp3) is 0.417. The fourth-order valence-electron chi connectivity index (χ4n) is 1.86. The molecule has 0 aliphatic carbocycles. The van der Waals surface area contributed by atoms with Gasteiger partial charge in [-0.25, -0.2) is 4.79 Å². The van der Waals surface area contributed by atoms with Crippen LogP contribution in [0.1, 0.15) is 12.8 Å². The predicted molar refractivity (Wildman–Crippen MR) is 67.4 cm³/mol. The first-order valence-corrected chi connectivity index (χ1v) is 5.97. The number of nitrogens with one attached hydrogen (secondary N) is 2. The smallest absolute Gasteiger partial charge is 0.319 e. The lowest BCUT2D eigenvalue weighted by atomic mass is 10.2. The molecule has 1 fully saturated rings. The number of hydrogen-bond acceptors (Lipinski definition) is 5. The second-order valence-corrected chi connectivity index (χ2v) is 4.33. The van der Waals surface area contributed by atoms with Gasteiger partial charge in [0, 0.05) is 25.3 Å². The van der Waals surface area contributed by atoms with Crippen molar-refractivity contribution in [3.63, 3.8) is 0 Å². The number of amides is 2. The third-order valence-electron chi connectivity index (χ3n) is 2.84. The van der Waals surface area contributed by atoms with Gasteiger partial charge in [-0.1, -0.05) is 0 Å². The molecule has 7 heteroatoms. The van der Waals surface area contributed by atoms with Crippen LogP contribution in [-0.4, -0.2) is 40.6 Å². The number of aromatic hydroxyl groups is 3. The first-order valence-electron chi connectivity index (χ1n) is 5.97. The van der Waals surface area contributed by atoms with E-state index in [1.54, 1.807) is 0 Å². The Balaban J connectivity index is 1.87. The monoisotopic (exact) mass is 268 g/mol. The minimum atomic E-state index is -0.620. The van der Waals surface area contributed by atoms with Gasteiger partial charge in [0.15, 0.2) is 17.2 Å². The van der Waals surface area contributed by atoms with Crippen molar-refractivity contribution in [2.75, 3.05) is 18.5 Å². The molecule has 1 atom stereocenters. The van der Waals surface area contributed by atoms with E-state index in [0.717, 1.165) is 25.0 Å². The highest BCUT2D eigenvalue weighted by molar-refractivity contribution is 5.90. The summed E-state index contributed by atoms with van der Waals surface area (Å²) in [6.45, 7) is 1.12. The Morgan fingerprint density at radius 1 is 1.32 bits per heavy atom. The minimum Gasteiger partial charge on any atom is -0.504 e. The van der Waals surface area contributed by atoms with Crippen LogP contribution in [0.25, 0.3) is 0 Å². The van der Waals surface area contributed by atoms with Crippen LogP contribution in [0.3, 0.4) is 0 Å². The van der Waals surface area contributed by atoms with Crippen molar-refractivity contribution >= 4 is 11.7 Å². The Kier molecular flexibility index (Phi) is 3.96. The molecule has 1 aliphatic heterocycles. The predicted octanol–water partition coefficient (Wildman–Crippen LogP) is 1.10. The molecule has 5 N–H and O–H groups in total. The van der Waals surface area contributed by atoms with E-state index < -0.39 is 23.3 Å². The van der Waals surface area contributed by atoms with Gasteiger partial charge in [0.25, 0.3) is 0 Å². The molecule has 1 aromatic rings. The minimum absolute atomic E-state index is 0.0346. The van der Waals surface area contributed by atoms with E-state index in [9.17, 15) is 15.0 Å². The second kappa shape index (κ2) is 5.66. The van der Waals surface area contributed by atoms with E-state index in [4.69, 9.17) is 9.84 Å². The average Bonchev–Trinajstić information content (AvgIpc) is 2.86. The number of carbonyl (C=O) groups excluding carboxylic acids is 1. The van der Waals surface area contributed by atoms with Crippen molar-refractivity contribution in [1.82, 2.24) is 5.32 Å². The van der Waals surface area contributed by atoms with Crippen LogP contribution >= 0.6 is 0 Å². The molecule has 0 aromatic heterocycles. The Labute approximate surface area is 109 Å². The zero-order valence-electron chi connectivity index (χ0n) is 10.2. The summed E-state index contributed by atoms with van der Waals surface area (Å²) >= 11 is 0. The molecule has 0 spiro atoms. The first-order chi connectivity index (χ1) is 9.06. The van der Waals surface area contributed by atoms with Crippen LogP contribution in [0.2, 0.25) is 0 Å². The summed E-state index contributed by atoms with van der Waals surface area (Å²) in [5, 5.41) is 32.8. The number of urea groups is 1. The molecule has 2 amide bonds. The number of anilines is 1. The SMILES string of the molecule is O=C(NCC1CCCO1)Nc1cc(O)c(O)c(O)c1. The molecule has 0 saturated carbocycles. The van der Waals surface area contributed by atoms with Crippen molar-refractivity contribution in [1.29, 1.82) is 0 Å². The summed E-state index contributed by atoms with van der Waals surface area (Å²) < 4.78 is 5.35. The van der Waals surface area contributed by atoms with Crippen LogP contribution in [0.4, 0.5) is 10.5 Å². The molecule has 1 saturated heterocycles. The maximum absolute atomic E-state index is 11.6. The Bertz CT molecular complexity index is 448. The molecule has 1 unspecified atom stereocenters. The average molecular weight is 268 g/mol. The third-order valence-corrected chi connectivity index (χ3v) is 2.84. The number of ether oxygens (including phenoxy) is 1. The summed E-state index contributed by atoms with van der Waals surface area (Å²) in [5.41, 5.74) is 0.178. The van der Waals surface area contributed by atoms with Crippen LogP contribution in [0.15, 0.2) is 12.1 Å². The molecule has 104 valence electrons. The lowest BCUT2D eigenvalue weighted by molar-refractivity contribution is 0.112. The molecule has 1 aliphatic rings. The summed E-state index contributed by atoms with van der Waals surface area (Å²) in [4.78, 5) is 11.6. The third kappa shape index (κ3) is 3.41. The molecule has 1 aromatic carbocycles. The highest BCUT2D eigenvalue weighted by atomic mass is 16.5. The zero-order valence-corrected chi connectivity index (χ0v) is 10.2. The molecule has 1 heterocycles. The van der Waals surface area contributed by atoms with Gasteiger partial charge < -0.3 is 30.7 Å². The Hall–Kier alpha value is -2.15. The van der Waals surface area contributed by atoms with E-state index in [-0.39, 0.29) is 11.8 Å². The van der Waals surface area contributed by atoms with Gasteiger partial charge in [-0.05, 0) is 12.8 Å². The highest BCUT2D eigenvalue weighted by Gasteiger charge is 2.16. The summed E-state index contributed by atoms with van der Waals surface area (Å²) in [5.74, 6) is -1.63. The molecular weight excluding hydrogens is 252 g/mol. The molecular formula is C12H16N2O5. The van der Waals surface area contributed by atoms with Gasteiger partial charge in [0.1, 0.15) is 0 Å². The number of benzene rings is 1. The zero-order chi connectivity index (χ0) is 13.8. The van der Waals surface area contributed by atoms with Gasteiger partial charge in [0.2, 0.25) is 0 Å². The lowest BCUT2D eigenvalue weighted by Crippen LogP contribution is -2.34. The molecule has 19 heavy (non-hydrogen) atoms. The molecule has 0 bridgehead atoms. The standard InChI is InChI=1S/C12H16N2O5/c15-9-4-7(5-10(16)11(9)17)14-12(18)13-6-8-2-1-3-19-8/h4-5,8,15-17H,1-3,6H2,(H2,13,14,18). The summed E-state index contributed by atoms with van der Waals surface area (Å²) in [6, 6.07) is 1.81. The largest absolute Gasteiger partial charge is 0.504 e.